The molecule has 0 aromatic rings. The molecule has 0 unspecified atom stereocenters. The van der Waals surface area contributed by atoms with E-state index in [0.29, 0.717) is 0 Å². The van der Waals surface area contributed by atoms with Crippen LogP contribution in [-0.2, 0) is 14.2 Å². The third-order valence-corrected chi connectivity index (χ3v) is 4.28. The number of rotatable bonds is 2. The van der Waals surface area contributed by atoms with Crippen LogP contribution in [-0.4, -0.2) is 15.9 Å². The third kappa shape index (κ3) is 4.18. The second-order valence-corrected chi connectivity index (χ2v) is 7.65. The van der Waals surface area contributed by atoms with Gasteiger partial charge in [0.15, 0.2) is 0 Å². The second-order valence-electron chi connectivity index (χ2n) is 5.69. The van der Waals surface area contributed by atoms with Crippen LogP contribution in [0.15, 0.2) is 0 Å². The van der Waals surface area contributed by atoms with Crippen molar-refractivity contribution in [3.05, 3.63) is 0 Å². The van der Waals surface area contributed by atoms with Crippen molar-refractivity contribution in [2.45, 2.75) is 41.5 Å². The summed E-state index contributed by atoms with van der Waals surface area (Å²) in [5.74, 6) is 0. The number of hydrogen-bond acceptors (Lipinski definition) is 3. The maximum absolute atomic E-state index is 11.8. The number of carbonyl (C=O) groups is 2. The van der Waals surface area contributed by atoms with Crippen molar-refractivity contribution < 1.29 is 39.3 Å². The second kappa shape index (κ2) is 5.19. The van der Waals surface area contributed by atoms with Crippen LogP contribution < -0.4 is 18.9 Å². The summed E-state index contributed by atoms with van der Waals surface area (Å²) in [4.78, 5) is 32.9. The molecule has 0 radical (unpaired) electrons. The van der Waals surface area contributed by atoms with E-state index < -0.39 is 29.2 Å². The summed E-state index contributed by atoms with van der Waals surface area (Å²) >= 11 is 0. The first kappa shape index (κ1) is 18.5. The average Bonchev–Trinajstić information content (AvgIpc) is 1.98. The van der Waals surface area contributed by atoms with Crippen LogP contribution in [0.4, 0.5) is 0 Å². The molecule has 1 N–H and O–H groups in total. The van der Waals surface area contributed by atoms with Crippen molar-refractivity contribution in [3.8, 4) is 0 Å². The van der Waals surface area contributed by atoms with Crippen molar-refractivity contribution in [2.24, 2.45) is 10.8 Å². The Labute approximate surface area is 110 Å². The molecule has 0 aliphatic carbocycles. The van der Waals surface area contributed by atoms with Gasteiger partial charge in [-0.2, -0.15) is 0 Å². The van der Waals surface area contributed by atoms with Crippen LogP contribution in [0.1, 0.15) is 43.0 Å². The Bertz CT molecular complexity index is 311. The molecule has 0 aliphatic heterocycles. The fraction of sp³-hybridized carbons (Fsp3) is 0.800. The minimum absolute atomic E-state index is 0. The van der Waals surface area contributed by atoms with Crippen molar-refractivity contribution in [1.29, 1.82) is 0 Å². The molecule has 0 aromatic carbocycles. The van der Waals surface area contributed by atoms with E-state index in [0.717, 1.165) is 0 Å². The molecule has 4 nitrogen and oxygen atoms in total. The molecule has 0 aromatic heterocycles. The standard InChI is InChI=1S/C10H19O4P.Li.H/c1-9(2,3)7(11)15(13,14)8(12)10(4,5)6;;/h1-6H3,(H,13,14);;/q;+1;-1. The van der Waals surface area contributed by atoms with Gasteiger partial charge in [-0.3, -0.25) is 14.2 Å². The van der Waals surface area contributed by atoms with Crippen LogP contribution >= 0.6 is 7.37 Å². The topological polar surface area (TPSA) is 71.4 Å². The fourth-order valence-corrected chi connectivity index (χ4v) is 3.00. The van der Waals surface area contributed by atoms with Gasteiger partial charge in [-0.15, -0.1) is 0 Å². The minimum Gasteiger partial charge on any atom is -1.00 e. The van der Waals surface area contributed by atoms with E-state index in [4.69, 9.17) is 0 Å². The van der Waals surface area contributed by atoms with Gasteiger partial charge in [0.1, 0.15) is 0 Å². The van der Waals surface area contributed by atoms with Gasteiger partial charge >= 0.3 is 26.2 Å². The number of hydrogen-bond donors (Lipinski definition) is 1. The molecule has 0 fully saturated rings. The van der Waals surface area contributed by atoms with Crippen LogP contribution in [0.5, 0.6) is 0 Å². The van der Waals surface area contributed by atoms with Gasteiger partial charge in [-0.1, -0.05) is 41.5 Å². The molecular formula is C10H20LiO4P. The van der Waals surface area contributed by atoms with Crippen molar-refractivity contribution >= 4 is 18.4 Å². The molecule has 6 heteroatoms. The summed E-state index contributed by atoms with van der Waals surface area (Å²) in [5.41, 5.74) is -3.72. The Morgan fingerprint density at radius 3 is 1.25 bits per heavy atom. The number of carbonyl (C=O) groups excluding carboxylic acids is 2. The van der Waals surface area contributed by atoms with Gasteiger partial charge in [0, 0.05) is 10.8 Å². The van der Waals surface area contributed by atoms with Crippen LogP contribution in [0.2, 0.25) is 0 Å². The van der Waals surface area contributed by atoms with Crippen LogP contribution in [0.3, 0.4) is 0 Å². The van der Waals surface area contributed by atoms with Gasteiger partial charge < -0.3 is 6.32 Å². The molecule has 0 bridgehead atoms. The Balaban J connectivity index is -0.000000980. The SMILES string of the molecule is CC(C)(C)C(=O)P(=O)(O)C(=O)C(C)(C)C.[H-].[Li+]. The van der Waals surface area contributed by atoms with Crippen molar-refractivity contribution in [1.82, 2.24) is 0 Å². The normalized spacial score (nSPS) is 12.9. The first-order valence-corrected chi connectivity index (χ1v) is 6.40. The predicted octanol–water partition coefficient (Wildman–Crippen LogP) is -0.481. The average molecular weight is 242 g/mol. The Morgan fingerprint density at radius 2 is 1.12 bits per heavy atom. The van der Waals surface area contributed by atoms with Gasteiger partial charge in [-0.05, 0) is 0 Å². The zero-order chi connectivity index (χ0) is 12.7. The summed E-state index contributed by atoms with van der Waals surface area (Å²) in [6, 6.07) is 0. The van der Waals surface area contributed by atoms with Gasteiger partial charge in [-0.25, -0.2) is 0 Å². The molecule has 0 saturated carbocycles. The molecule has 0 aliphatic rings. The Hall–Kier alpha value is 0.127. The van der Waals surface area contributed by atoms with Gasteiger partial charge in [0.05, 0.1) is 0 Å². The first-order chi connectivity index (χ1) is 6.31. The first-order valence-electron chi connectivity index (χ1n) is 4.74. The molecule has 16 heavy (non-hydrogen) atoms. The molecule has 0 rings (SSSR count). The monoisotopic (exact) mass is 242 g/mol. The van der Waals surface area contributed by atoms with E-state index in [-0.39, 0.29) is 20.3 Å². The summed E-state index contributed by atoms with van der Waals surface area (Å²) in [5, 5.41) is 0. The summed E-state index contributed by atoms with van der Waals surface area (Å²) in [6.07, 6.45) is 0. The third-order valence-electron chi connectivity index (χ3n) is 1.83. The van der Waals surface area contributed by atoms with Crippen LogP contribution in [0.25, 0.3) is 0 Å². The Kier molecular flexibility index (Phi) is 5.99. The van der Waals surface area contributed by atoms with Crippen molar-refractivity contribution in [2.75, 3.05) is 0 Å². The van der Waals surface area contributed by atoms with Crippen LogP contribution in [0, 0.1) is 10.8 Å². The molecule has 0 saturated heterocycles. The van der Waals surface area contributed by atoms with E-state index >= 15 is 0 Å². The molecule has 0 spiro atoms. The summed E-state index contributed by atoms with van der Waals surface area (Å²) in [7, 11) is -4.40. The predicted molar refractivity (Wildman–Crippen MR) is 59.9 cm³/mol. The molecule has 0 atom stereocenters. The van der Waals surface area contributed by atoms with E-state index in [1.807, 2.05) is 0 Å². The van der Waals surface area contributed by atoms with E-state index in [1.165, 1.54) is 41.5 Å². The van der Waals surface area contributed by atoms with E-state index in [2.05, 4.69) is 0 Å². The zero-order valence-corrected chi connectivity index (χ0v) is 12.0. The molecule has 90 valence electrons. The van der Waals surface area contributed by atoms with E-state index in [1.54, 1.807) is 0 Å². The molecule has 0 heterocycles. The summed E-state index contributed by atoms with van der Waals surface area (Å²) < 4.78 is 11.8. The maximum Gasteiger partial charge on any atom is 1.00 e. The largest absolute Gasteiger partial charge is 1.00 e. The van der Waals surface area contributed by atoms with E-state index in [9.17, 15) is 19.0 Å². The zero-order valence-electron chi connectivity index (χ0n) is 12.1. The van der Waals surface area contributed by atoms with Crippen molar-refractivity contribution in [3.63, 3.8) is 0 Å². The smallest absolute Gasteiger partial charge is 1.00 e. The minimum atomic E-state index is -4.40. The molecular weight excluding hydrogens is 222 g/mol. The summed E-state index contributed by atoms with van der Waals surface area (Å²) in [6.45, 7) is 9.13. The molecule has 0 amide bonds. The van der Waals surface area contributed by atoms with Gasteiger partial charge in [0.2, 0.25) is 11.0 Å². The fourth-order valence-electron chi connectivity index (χ4n) is 1.00. The van der Waals surface area contributed by atoms with Gasteiger partial charge in [0.25, 0.3) is 0 Å². The Morgan fingerprint density at radius 1 is 0.938 bits per heavy atom. The maximum atomic E-state index is 11.8. The quantitative estimate of drug-likeness (QED) is 0.524.